The van der Waals surface area contributed by atoms with E-state index < -0.39 is 40.0 Å². The van der Waals surface area contributed by atoms with Crippen molar-refractivity contribution < 1.29 is 28.6 Å². The first-order valence-corrected chi connectivity index (χ1v) is 9.52. The number of aliphatic hydroxyl groups excluding tert-OH is 1. The molecular formula is C21H20F2N2O5. The van der Waals surface area contributed by atoms with Crippen LogP contribution in [0.25, 0.3) is 0 Å². The number of fused-ring (bicyclic) bond motifs is 2. The number of aryl methyl sites for hydroxylation is 1. The first-order chi connectivity index (χ1) is 14.2. The summed E-state index contributed by atoms with van der Waals surface area (Å²) in [6.07, 6.45) is 1.51. The Morgan fingerprint density at radius 2 is 2.03 bits per heavy atom. The van der Waals surface area contributed by atoms with Gasteiger partial charge in [-0.2, -0.15) is 0 Å². The fourth-order valence-electron chi connectivity index (χ4n) is 4.29. The molecule has 1 aliphatic carbocycles. The smallest absolute Gasteiger partial charge is 0.274 e. The molecule has 1 amide bonds. The highest BCUT2D eigenvalue weighted by Crippen LogP contribution is 2.53. The van der Waals surface area contributed by atoms with E-state index in [2.05, 4.69) is 0 Å². The normalized spacial score (nSPS) is 22.3. The molecule has 2 aromatic rings. The highest BCUT2D eigenvalue weighted by Gasteiger charge is 2.59. The Morgan fingerprint density at radius 3 is 2.67 bits per heavy atom. The van der Waals surface area contributed by atoms with Gasteiger partial charge in [-0.05, 0) is 24.5 Å². The number of hydrogen-bond donors (Lipinski definition) is 2. The number of halogens is 2. The molecule has 0 saturated heterocycles. The number of aromatic nitrogens is 1. The Bertz CT molecular complexity index is 1130. The molecule has 1 fully saturated rings. The van der Waals surface area contributed by atoms with Gasteiger partial charge in [0.05, 0.1) is 11.1 Å². The van der Waals surface area contributed by atoms with Crippen LogP contribution in [0.2, 0.25) is 0 Å². The van der Waals surface area contributed by atoms with Gasteiger partial charge in [0.2, 0.25) is 5.43 Å². The van der Waals surface area contributed by atoms with Gasteiger partial charge in [0.15, 0.2) is 17.2 Å². The van der Waals surface area contributed by atoms with E-state index in [1.165, 1.54) is 21.7 Å². The van der Waals surface area contributed by atoms with Crippen molar-refractivity contribution in [1.82, 2.24) is 9.47 Å². The third-order valence-corrected chi connectivity index (χ3v) is 6.08. The average molecular weight is 418 g/mol. The molecule has 2 aliphatic rings. The second kappa shape index (κ2) is 7.02. The summed E-state index contributed by atoms with van der Waals surface area (Å²) in [6.45, 7) is 0.141. The number of carbonyl (C=O) groups excluding carboxylic acids is 2. The Labute approximate surface area is 170 Å². The second-order valence-corrected chi connectivity index (χ2v) is 7.95. The molecule has 2 atom stereocenters. The summed E-state index contributed by atoms with van der Waals surface area (Å²) in [6, 6.07) is 3.03. The molecule has 1 saturated carbocycles. The summed E-state index contributed by atoms with van der Waals surface area (Å²) < 4.78 is 28.3. The van der Waals surface area contributed by atoms with E-state index in [4.69, 9.17) is 0 Å². The lowest BCUT2D eigenvalue weighted by atomic mass is 10.00. The number of aliphatic hydroxyl groups is 1. The Morgan fingerprint density at radius 1 is 1.30 bits per heavy atom. The SMILES string of the molecule is CN1CC2(CC2CO)n2cc(C(=O)CCc3ccc(F)cc3F)c(=O)c(O)c2C1=O. The molecule has 0 bridgehead atoms. The molecule has 0 radical (unpaired) electrons. The quantitative estimate of drug-likeness (QED) is 0.716. The summed E-state index contributed by atoms with van der Waals surface area (Å²) >= 11 is 0. The highest BCUT2D eigenvalue weighted by molar-refractivity contribution is 6.00. The summed E-state index contributed by atoms with van der Waals surface area (Å²) in [5.74, 6) is -3.69. The first kappa shape index (κ1) is 20.2. The predicted octanol–water partition coefficient (Wildman–Crippen LogP) is 1.44. The summed E-state index contributed by atoms with van der Waals surface area (Å²) in [5.41, 5.74) is -2.03. The fraction of sp³-hybridized carbons (Fsp3) is 0.381. The minimum atomic E-state index is -0.967. The molecule has 158 valence electrons. The number of ketones is 1. The number of carbonyl (C=O) groups is 2. The molecule has 4 rings (SSSR count). The van der Waals surface area contributed by atoms with Gasteiger partial charge in [0.25, 0.3) is 5.91 Å². The van der Waals surface area contributed by atoms with Gasteiger partial charge >= 0.3 is 0 Å². The number of nitrogens with zero attached hydrogens (tertiary/aromatic N) is 2. The van der Waals surface area contributed by atoms with Crippen LogP contribution in [0.1, 0.15) is 39.3 Å². The maximum absolute atomic E-state index is 13.8. The minimum absolute atomic E-state index is 0.0566. The van der Waals surface area contributed by atoms with Gasteiger partial charge in [-0.25, -0.2) is 8.78 Å². The van der Waals surface area contributed by atoms with Crippen molar-refractivity contribution in [3.8, 4) is 5.75 Å². The third kappa shape index (κ3) is 3.00. The molecule has 9 heteroatoms. The topological polar surface area (TPSA) is 99.8 Å². The van der Waals surface area contributed by atoms with Crippen LogP contribution in [0.3, 0.4) is 0 Å². The van der Waals surface area contributed by atoms with E-state index in [1.54, 1.807) is 7.05 Å². The predicted molar refractivity (Wildman–Crippen MR) is 102 cm³/mol. The van der Waals surface area contributed by atoms with E-state index >= 15 is 0 Å². The molecule has 2 heterocycles. The average Bonchev–Trinajstić information content (AvgIpc) is 3.40. The number of aromatic hydroxyl groups is 1. The zero-order valence-corrected chi connectivity index (χ0v) is 16.2. The van der Waals surface area contributed by atoms with Crippen molar-refractivity contribution in [1.29, 1.82) is 0 Å². The van der Waals surface area contributed by atoms with Crippen molar-refractivity contribution in [2.24, 2.45) is 5.92 Å². The van der Waals surface area contributed by atoms with Gasteiger partial charge in [-0.15, -0.1) is 0 Å². The van der Waals surface area contributed by atoms with Crippen LogP contribution < -0.4 is 5.43 Å². The van der Waals surface area contributed by atoms with Crippen LogP contribution in [0.5, 0.6) is 5.75 Å². The van der Waals surface area contributed by atoms with Crippen molar-refractivity contribution >= 4 is 11.7 Å². The monoisotopic (exact) mass is 418 g/mol. The van der Waals surface area contributed by atoms with Crippen molar-refractivity contribution in [2.45, 2.75) is 24.8 Å². The Kier molecular flexibility index (Phi) is 4.73. The first-order valence-electron chi connectivity index (χ1n) is 9.52. The summed E-state index contributed by atoms with van der Waals surface area (Å²) in [7, 11) is 1.54. The molecule has 1 aromatic heterocycles. The maximum atomic E-state index is 13.8. The van der Waals surface area contributed by atoms with E-state index in [9.17, 15) is 33.4 Å². The molecule has 1 aromatic carbocycles. The van der Waals surface area contributed by atoms with Crippen molar-refractivity contribution in [3.05, 3.63) is 63.1 Å². The van der Waals surface area contributed by atoms with E-state index in [-0.39, 0.29) is 48.7 Å². The van der Waals surface area contributed by atoms with Crippen LogP contribution in [0.15, 0.2) is 29.2 Å². The van der Waals surface area contributed by atoms with E-state index in [1.807, 2.05) is 0 Å². The number of hydrogen-bond acceptors (Lipinski definition) is 5. The molecule has 7 nitrogen and oxygen atoms in total. The Balaban J connectivity index is 1.70. The van der Waals surface area contributed by atoms with Crippen LogP contribution >= 0.6 is 0 Å². The van der Waals surface area contributed by atoms with Crippen molar-refractivity contribution in [3.63, 3.8) is 0 Å². The standard InChI is InChI=1S/C21H20F2N2O5/c1-24-10-21(7-12(21)9-26)25-8-14(18(28)19(29)17(25)20(24)30)16(27)5-3-11-2-4-13(22)6-15(11)23/h2,4,6,8,12,26,29H,3,5,7,9-10H2,1H3. The fourth-order valence-corrected chi connectivity index (χ4v) is 4.29. The summed E-state index contributed by atoms with van der Waals surface area (Å²) in [4.78, 5) is 39.3. The lowest BCUT2D eigenvalue weighted by Gasteiger charge is -2.35. The van der Waals surface area contributed by atoms with Gasteiger partial charge in [0.1, 0.15) is 11.6 Å². The maximum Gasteiger partial charge on any atom is 0.274 e. The number of pyridine rings is 1. The lowest BCUT2D eigenvalue weighted by Crippen LogP contribution is -2.48. The number of amides is 1. The largest absolute Gasteiger partial charge is 0.503 e. The zero-order valence-electron chi connectivity index (χ0n) is 16.2. The minimum Gasteiger partial charge on any atom is -0.503 e. The van der Waals surface area contributed by atoms with Crippen molar-refractivity contribution in [2.75, 3.05) is 20.2 Å². The van der Waals surface area contributed by atoms with Crippen LogP contribution in [-0.4, -0.2) is 51.6 Å². The third-order valence-electron chi connectivity index (χ3n) is 6.08. The van der Waals surface area contributed by atoms with Gasteiger partial charge in [0, 0.05) is 44.8 Å². The molecule has 2 unspecified atom stereocenters. The lowest BCUT2D eigenvalue weighted by molar-refractivity contribution is 0.0672. The number of benzene rings is 1. The molecular weight excluding hydrogens is 398 g/mol. The Hall–Kier alpha value is -3.07. The molecule has 1 aliphatic heterocycles. The van der Waals surface area contributed by atoms with Gasteiger partial charge in [-0.1, -0.05) is 6.07 Å². The van der Waals surface area contributed by atoms with E-state index in [0.717, 1.165) is 6.07 Å². The van der Waals surface area contributed by atoms with E-state index in [0.29, 0.717) is 12.5 Å². The highest BCUT2D eigenvalue weighted by atomic mass is 19.1. The van der Waals surface area contributed by atoms with Crippen LogP contribution in [-0.2, 0) is 12.0 Å². The molecule has 1 spiro atoms. The number of likely N-dealkylation sites (N-methyl/N-ethyl adjacent to an activating group) is 1. The molecule has 30 heavy (non-hydrogen) atoms. The number of rotatable bonds is 5. The number of Topliss-reactive ketones (excluding diaryl/α,β-unsaturated/α-hetero) is 1. The second-order valence-electron chi connectivity index (χ2n) is 7.95. The molecule has 2 N–H and O–H groups in total. The van der Waals surface area contributed by atoms with Crippen LogP contribution in [0.4, 0.5) is 8.78 Å². The van der Waals surface area contributed by atoms with Gasteiger partial charge in [-0.3, -0.25) is 14.4 Å². The van der Waals surface area contributed by atoms with Gasteiger partial charge < -0.3 is 19.7 Å². The zero-order chi connectivity index (χ0) is 21.8. The van der Waals surface area contributed by atoms with Crippen LogP contribution in [0, 0.1) is 17.6 Å². The summed E-state index contributed by atoms with van der Waals surface area (Å²) in [5, 5.41) is 20.0.